The fourth-order valence-electron chi connectivity index (χ4n) is 4.28. The van der Waals surface area contributed by atoms with E-state index in [1.54, 1.807) is 12.1 Å². The van der Waals surface area contributed by atoms with Gasteiger partial charge >= 0.3 is 5.97 Å². The molecule has 2 N–H and O–H groups in total. The fraction of sp³-hybridized carbons (Fsp3) is 0.318. The first-order chi connectivity index (χ1) is 12.5. The third-order valence-electron chi connectivity index (χ3n) is 5.66. The highest BCUT2D eigenvalue weighted by Crippen LogP contribution is 2.52. The van der Waals surface area contributed by atoms with E-state index in [2.05, 4.69) is 55.6 Å². The molecule has 4 heteroatoms. The van der Waals surface area contributed by atoms with Crippen LogP contribution < -0.4 is 5.32 Å². The Morgan fingerprint density at radius 3 is 2.58 bits per heavy atom. The number of halogens is 1. The zero-order valence-corrected chi connectivity index (χ0v) is 15.6. The van der Waals surface area contributed by atoms with Gasteiger partial charge in [0, 0.05) is 5.92 Å². The zero-order chi connectivity index (χ0) is 18.4. The lowest BCUT2D eigenvalue weighted by molar-refractivity contribution is 0.0695. The molecule has 2 aliphatic rings. The van der Waals surface area contributed by atoms with Crippen molar-refractivity contribution in [3.05, 3.63) is 75.8 Å². The maximum absolute atomic E-state index is 11.7. The van der Waals surface area contributed by atoms with Crippen LogP contribution in [0.25, 0.3) is 0 Å². The van der Waals surface area contributed by atoms with Crippen LogP contribution in [-0.2, 0) is 0 Å². The van der Waals surface area contributed by atoms with Crippen LogP contribution in [0.5, 0.6) is 0 Å². The fourth-order valence-corrected chi connectivity index (χ4v) is 4.50. The quantitative estimate of drug-likeness (QED) is 0.655. The molecule has 2 aromatic carbocycles. The van der Waals surface area contributed by atoms with Crippen molar-refractivity contribution in [1.29, 1.82) is 0 Å². The molecule has 0 aromatic heterocycles. The van der Waals surface area contributed by atoms with Crippen molar-refractivity contribution in [2.24, 2.45) is 5.92 Å². The van der Waals surface area contributed by atoms with Crippen molar-refractivity contribution in [2.75, 3.05) is 5.32 Å². The number of carboxylic acid groups (broad SMARTS) is 1. The molecule has 0 radical (unpaired) electrons. The first kappa shape index (κ1) is 17.2. The maximum atomic E-state index is 11.7. The number of aromatic carboxylic acids is 1. The molecule has 3 nitrogen and oxygen atoms in total. The molecule has 0 amide bonds. The van der Waals surface area contributed by atoms with E-state index >= 15 is 0 Å². The SMILES string of the molecule is CC(C)c1ccc([C@@H]2Nc3c(Cl)ccc(C(=O)O)c3[C@@H]3C=CC[C@@H]32)cc1. The summed E-state index contributed by atoms with van der Waals surface area (Å²) in [4.78, 5) is 11.7. The Hall–Kier alpha value is -2.26. The Morgan fingerprint density at radius 1 is 1.19 bits per heavy atom. The van der Waals surface area contributed by atoms with Gasteiger partial charge in [0.05, 0.1) is 22.3 Å². The van der Waals surface area contributed by atoms with E-state index in [4.69, 9.17) is 11.6 Å². The number of hydrogen-bond donors (Lipinski definition) is 2. The topological polar surface area (TPSA) is 49.3 Å². The van der Waals surface area contributed by atoms with Gasteiger partial charge in [-0.1, -0.05) is 61.9 Å². The van der Waals surface area contributed by atoms with E-state index in [-0.39, 0.29) is 12.0 Å². The molecule has 0 unspecified atom stereocenters. The zero-order valence-electron chi connectivity index (χ0n) is 14.9. The Labute approximate surface area is 158 Å². The van der Waals surface area contributed by atoms with Gasteiger partial charge in [-0.25, -0.2) is 4.79 Å². The summed E-state index contributed by atoms with van der Waals surface area (Å²) < 4.78 is 0. The van der Waals surface area contributed by atoms with Gasteiger partial charge in [0.2, 0.25) is 0 Å². The standard InChI is InChI=1S/C22H22ClNO2/c1-12(2)13-6-8-14(9-7-13)20-16-5-3-4-15(16)19-17(22(25)26)10-11-18(23)21(19)24-20/h3-4,6-12,15-16,20,24H,5H2,1-2H3,(H,25,26)/t15-,16+,20+/m1/s1. The first-order valence-corrected chi connectivity index (χ1v) is 9.44. The normalized spacial score (nSPS) is 23.5. The van der Waals surface area contributed by atoms with Gasteiger partial charge in [0.15, 0.2) is 0 Å². The molecule has 0 bridgehead atoms. The molecule has 26 heavy (non-hydrogen) atoms. The van der Waals surface area contributed by atoms with Crippen LogP contribution >= 0.6 is 11.6 Å². The minimum Gasteiger partial charge on any atom is -0.478 e. The molecule has 1 heterocycles. The molecule has 4 rings (SSSR count). The monoisotopic (exact) mass is 367 g/mol. The summed E-state index contributed by atoms with van der Waals surface area (Å²) >= 11 is 6.45. The Bertz CT molecular complexity index is 886. The van der Waals surface area contributed by atoms with Gasteiger partial charge in [-0.3, -0.25) is 0 Å². The summed E-state index contributed by atoms with van der Waals surface area (Å²) in [5, 5.41) is 13.8. The molecule has 0 fully saturated rings. The predicted octanol–water partition coefficient (Wildman–Crippen LogP) is 5.99. The second-order valence-electron chi connectivity index (χ2n) is 7.49. The highest BCUT2D eigenvalue weighted by molar-refractivity contribution is 6.33. The number of carbonyl (C=O) groups is 1. The van der Waals surface area contributed by atoms with Crippen LogP contribution in [0.1, 0.15) is 65.2 Å². The van der Waals surface area contributed by atoms with Gasteiger partial charge in [-0.2, -0.15) is 0 Å². The third kappa shape index (κ3) is 2.71. The minimum absolute atomic E-state index is 0.0748. The van der Waals surface area contributed by atoms with E-state index < -0.39 is 5.97 Å². The number of hydrogen-bond acceptors (Lipinski definition) is 2. The molecular formula is C22H22ClNO2. The van der Waals surface area contributed by atoms with Crippen LogP contribution in [0.15, 0.2) is 48.6 Å². The van der Waals surface area contributed by atoms with E-state index in [1.807, 2.05) is 0 Å². The summed E-state index contributed by atoms with van der Waals surface area (Å²) in [5.74, 6) is -0.0362. The number of carboxylic acids is 1. The number of allylic oxidation sites excluding steroid dienone is 2. The van der Waals surface area contributed by atoms with Crippen LogP contribution in [-0.4, -0.2) is 11.1 Å². The highest BCUT2D eigenvalue weighted by atomic mass is 35.5. The van der Waals surface area contributed by atoms with Gasteiger partial charge in [-0.05, 0) is 47.1 Å². The van der Waals surface area contributed by atoms with Crippen LogP contribution in [0, 0.1) is 5.92 Å². The number of benzene rings is 2. The van der Waals surface area contributed by atoms with Crippen LogP contribution in [0.2, 0.25) is 5.02 Å². The average molecular weight is 368 g/mol. The van der Waals surface area contributed by atoms with Crippen molar-refractivity contribution >= 4 is 23.3 Å². The summed E-state index contributed by atoms with van der Waals surface area (Å²) in [6.45, 7) is 4.38. The van der Waals surface area contributed by atoms with E-state index in [0.29, 0.717) is 22.4 Å². The minimum atomic E-state index is -0.904. The number of fused-ring (bicyclic) bond motifs is 3. The number of anilines is 1. The second-order valence-corrected chi connectivity index (χ2v) is 7.89. The lowest BCUT2D eigenvalue weighted by Gasteiger charge is -2.38. The van der Waals surface area contributed by atoms with Crippen LogP contribution in [0.3, 0.4) is 0 Å². The maximum Gasteiger partial charge on any atom is 0.336 e. The molecule has 3 atom stereocenters. The molecule has 134 valence electrons. The average Bonchev–Trinajstić information content (AvgIpc) is 3.11. The van der Waals surface area contributed by atoms with Crippen molar-refractivity contribution in [2.45, 2.75) is 38.1 Å². The van der Waals surface area contributed by atoms with Gasteiger partial charge in [0.1, 0.15) is 0 Å². The van der Waals surface area contributed by atoms with E-state index in [1.165, 1.54) is 11.1 Å². The number of nitrogens with one attached hydrogen (secondary N) is 1. The molecule has 0 saturated carbocycles. The second kappa shape index (κ2) is 6.48. The van der Waals surface area contributed by atoms with Crippen LogP contribution in [0.4, 0.5) is 5.69 Å². The largest absolute Gasteiger partial charge is 0.478 e. The van der Waals surface area contributed by atoms with E-state index in [0.717, 1.165) is 17.7 Å². The van der Waals surface area contributed by atoms with E-state index in [9.17, 15) is 9.90 Å². The van der Waals surface area contributed by atoms with Gasteiger partial charge in [0.25, 0.3) is 0 Å². The Kier molecular flexibility index (Phi) is 4.28. The molecule has 1 aliphatic carbocycles. The lowest BCUT2D eigenvalue weighted by atomic mass is 9.75. The number of rotatable bonds is 3. The summed E-state index contributed by atoms with van der Waals surface area (Å²) in [6, 6.07) is 12.1. The van der Waals surface area contributed by atoms with Crippen molar-refractivity contribution < 1.29 is 9.90 Å². The van der Waals surface area contributed by atoms with Crippen molar-refractivity contribution in [1.82, 2.24) is 0 Å². The van der Waals surface area contributed by atoms with Gasteiger partial charge in [-0.15, -0.1) is 0 Å². The molecule has 1 aliphatic heterocycles. The molecular weight excluding hydrogens is 346 g/mol. The molecule has 2 aromatic rings. The van der Waals surface area contributed by atoms with Crippen molar-refractivity contribution in [3.63, 3.8) is 0 Å². The Balaban J connectivity index is 1.80. The Morgan fingerprint density at radius 2 is 1.92 bits per heavy atom. The van der Waals surface area contributed by atoms with Crippen molar-refractivity contribution in [3.8, 4) is 0 Å². The smallest absolute Gasteiger partial charge is 0.336 e. The third-order valence-corrected chi connectivity index (χ3v) is 5.98. The first-order valence-electron chi connectivity index (χ1n) is 9.06. The summed E-state index contributed by atoms with van der Waals surface area (Å²) in [6.07, 6.45) is 5.23. The van der Waals surface area contributed by atoms with Gasteiger partial charge < -0.3 is 10.4 Å². The summed E-state index contributed by atoms with van der Waals surface area (Å²) in [5.41, 5.74) is 4.45. The molecule has 0 saturated heterocycles. The summed E-state index contributed by atoms with van der Waals surface area (Å²) in [7, 11) is 0. The lowest BCUT2D eigenvalue weighted by Crippen LogP contribution is -2.30. The highest BCUT2D eigenvalue weighted by Gasteiger charge is 2.40. The predicted molar refractivity (Wildman–Crippen MR) is 105 cm³/mol. The molecule has 0 spiro atoms.